The molecule has 5 rings (SSSR count). The van der Waals surface area contributed by atoms with Gasteiger partial charge in [-0.05, 0) is 67.9 Å². The van der Waals surface area contributed by atoms with E-state index in [-0.39, 0.29) is 22.9 Å². The van der Waals surface area contributed by atoms with Gasteiger partial charge in [0.2, 0.25) is 0 Å². The van der Waals surface area contributed by atoms with Crippen LogP contribution in [0.3, 0.4) is 0 Å². The van der Waals surface area contributed by atoms with Crippen molar-refractivity contribution in [2.75, 3.05) is 26.2 Å². The topological polar surface area (TPSA) is 62.2 Å². The molecule has 0 bridgehead atoms. The number of nitrogens with zero attached hydrogens (tertiary/aromatic N) is 1. The number of hydrogen-bond donors (Lipinski definition) is 2. The molecular weight excluding hydrogens is 434 g/mol. The van der Waals surface area contributed by atoms with E-state index in [0.717, 1.165) is 34.1 Å². The number of para-hydroxylation sites is 1. The van der Waals surface area contributed by atoms with Crippen molar-refractivity contribution in [2.45, 2.75) is 35.5 Å². The van der Waals surface area contributed by atoms with Crippen LogP contribution in [-0.4, -0.2) is 41.4 Å². The molecule has 172 valence electrons. The zero-order valence-electron chi connectivity index (χ0n) is 18.5. The fourth-order valence-electron chi connectivity index (χ4n) is 4.51. The number of benzene rings is 3. The molecule has 0 saturated carbocycles. The van der Waals surface area contributed by atoms with Gasteiger partial charge in [0.15, 0.2) is 0 Å². The second-order valence-electron chi connectivity index (χ2n) is 8.59. The Bertz CT molecular complexity index is 1080. The van der Waals surface area contributed by atoms with Crippen LogP contribution in [0.15, 0.2) is 71.6 Å². The maximum absolute atomic E-state index is 10.5. The van der Waals surface area contributed by atoms with Gasteiger partial charge >= 0.3 is 0 Å². The molecule has 5 nitrogen and oxygen atoms in total. The minimum atomic E-state index is -0.289. The van der Waals surface area contributed by atoms with E-state index in [1.165, 1.54) is 32.4 Å². The highest BCUT2D eigenvalue weighted by molar-refractivity contribution is 7.99. The lowest BCUT2D eigenvalue weighted by Crippen LogP contribution is -2.33. The van der Waals surface area contributed by atoms with Gasteiger partial charge in [0.1, 0.15) is 35.7 Å². The second kappa shape index (κ2) is 9.98. The summed E-state index contributed by atoms with van der Waals surface area (Å²) in [7, 11) is 0. The molecule has 2 atom stereocenters. The van der Waals surface area contributed by atoms with Crippen LogP contribution in [0.1, 0.15) is 41.7 Å². The van der Waals surface area contributed by atoms with E-state index >= 15 is 0 Å². The number of piperidine rings is 1. The van der Waals surface area contributed by atoms with Crippen LogP contribution in [0.5, 0.6) is 23.0 Å². The Labute approximate surface area is 199 Å². The van der Waals surface area contributed by atoms with Crippen molar-refractivity contribution in [3.63, 3.8) is 0 Å². The molecule has 0 amide bonds. The van der Waals surface area contributed by atoms with E-state index in [1.807, 2.05) is 42.5 Å². The van der Waals surface area contributed by atoms with Gasteiger partial charge < -0.3 is 19.7 Å². The summed E-state index contributed by atoms with van der Waals surface area (Å²) in [5.74, 6) is 2.02. The monoisotopic (exact) mass is 463 g/mol. The van der Waals surface area contributed by atoms with Gasteiger partial charge in [0.25, 0.3) is 0 Å². The molecular formula is C27H29NO4S. The number of thioether (sulfide) groups is 1. The largest absolute Gasteiger partial charge is 0.508 e. The first kappa shape index (κ1) is 22.0. The smallest absolute Gasteiger partial charge is 0.140 e. The Balaban J connectivity index is 1.34. The molecule has 3 aromatic carbocycles. The summed E-state index contributed by atoms with van der Waals surface area (Å²) in [6, 6.07) is 20.6. The number of rotatable bonds is 6. The number of hydrogen-bond acceptors (Lipinski definition) is 6. The lowest BCUT2D eigenvalue weighted by molar-refractivity contribution is 0.182. The molecule has 0 unspecified atom stereocenters. The molecule has 33 heavy (non-hydrogen) atoms. The van der Waals surface area contributed by atoms with Gasteiger partial charge in [0, 0.05) is 12.1 Å². The molecule has 6 heteroatoms. The second-order valence-corrected chi connectivity index (χ2v) is 9.77. The number of likely N-dealkylation sites (tertiary alicyclic amines) is 1. The van der Waals surface area contributed by atoms with Gasteiger partial charge in [-0.1, -0.05) is 36.8 Å². The standard InChI is InChI=1S/C27H29NO4S/c29-20-10-13-24-25(18-20)33-27(22-6-2-3-7-23(22)30)26(32-24)19-8-11-21(12-9-19)31-17-16-28-14-4-1-5-15-28/h2-3,6-13,18,26-27,29-30H,1,4-5,14-17H2/t26-,27+/m1/s1. The lowest BCUT2D eigenvalue weighted by atomic mass is 9.99. The van der Waals surface area contributed by atoms with E-state index in [0.29, 0.717) is 6.61 Å². The number of aromatic hydroxyl groups is 2. The molecule has 2 heterocycles. The van der Waals surface area contributed by atoms with Gasteiger partial charge in [-0.2, -0.15) is 0 Å². The maximum Gasteiger partial charge on any atom is 0.140 e. The average Bonchev–Trinajstić information content (AvgIpc) is 2.85. The Hall–Kier alpha value is -2.83. The van der Waals surface area contributed by atoms with Crippen molar-refractivity contribution in [3.05, 3.63) is 77.9 Å². The third-order valence-corrected chi connectivity index (χ3v) is 7.62. The Morgan fingerprint density at radius 2 is 1.73 bits per heavy atom. The van der Waals surface area contributed by atoms with Crippen molar-refractivity contribution in [1.82, 2.24) is 4.90 Å². The number of fused-ring (bicyclic) bond motifs is 1. The van der Waals surface area contributed by atoms with Crippen LogP contribution in [0, 0.1) is 0 Å². The van der Waals surface area contributed by atoms with E-state index in [2.05, 4.69) is 4.90 Å². The molecule has 2 aliphatic rings. The minimum absolute atomic E-state index is 0.161. The average molecular weight is 464 g/mol. The molecule has 0 spiro atoms. The van der Waals surface area contributed by atoms with Crippen LogP contribution in [0.4, 0.5) is 0 Å². The molecule has 0 aromatic heterocycles. The summed E-state index contributed by atoms with van der Waals surface area (Å²) in [5, 5.41) is 20.3. The Morgan fingerprint density at radius 1 is 0.939 bits per heavy atom. The quantitative estimate of drug-likeness (QED) is 0.472. The molecule has 0 aliphatic carbocycles. The first-order valence-corrected chi connectivity index (χ1v) is 12.4. The van der Waals surface area contributed by atoms with Crippen LogP contribution in [0.2, 0.25) is 0 Å². The van der Waals surface area contributed by atoms with Gasteiger partial charge in [-0.15, -0.1) is 11.8 Å². The SMILES string of the molecule is Oc1ccc2c(c1)S[C@@H](c1ccccc1O)[C@@H](c1ccc(OCCN3CCCCC3)cc1)O2. The van der Waals surface area contributed by atoms with Crippen LogP contribution in [0.25, 0.3) is 0 Å². The minimum Gasteiger partial charge on any atom is -0.508 e. The van der Waals surface area contributed by atoms with Crippen molar-refractivity contribution in [1.29, 1.82) is 0 Å². The van der Waals surface area contributed by atoms with Crippen molar-refractivity contribution in [2.24, 2.45) is 0 Å². The van der Waals surface area contributed by atoms with Crippen molar-refractivity contribution >= 4 is 11.8 Å². The van der Waals surface area contributed by atoms with Crippen LogP contribution >= 0.6 is 11.8 Å². The predicted octanol–water partition coefficient (Wildman–Crippen LogP) is 5.93. The summed E-state index contributed by atoms with van der Waals surface area (Å²) < 4.78 is 12.4. The van der Waals surface area contributed by atoms with E-state index in [1.54, 1.807) is 36.0 Å². The van der Waals surface area contributed by atoms with Gasteiger partial charge in [-0.25, -0.2) is 0 Å². The summed E-state index contributed by atoms with van der Waals surface area (Å²) in [4.78, 5) is 3.33. The molecule has 2 aliphatic heterocycles. The Kier molecular flexibility index (Phi) is 6.65. The third-order valence-electron chi connectivity index (χ3n) is 6.29. The fraction of sp³-hybridized carbons (Fsp3) is 0.333. The van der Waals surface area contributed by atoms with Crippen molar-refractivity contribution in [3.8, 4) is 23.0 Å². The summed E-state index contributed by atoms with van der Waals surface area (Å²) in [5.41, 5.74) is 1.82. The highest BCUT2D eigenvalue weighted by atomic mass is 32.2. The Morgan fingerprint density at radius 3 is 2.52 bits per heavy atom. The normalized spacial score (nSPS) is 20.6. The number of phenols is 2. The predicted molar refractivity (Wildman–Crippen MR) is 130 cm³/mol. The van der Waals surface area contributed by atoms with Crippen LogP contribution < -0.4 is 9.47 Å². The van der Waals surface area contributed by atoms with E-state index in [4.69, 9.17) is 9.47 Å². The first-order valence-electron chi connectivity index (χ1n) is 11.6. The number of phenolic OH excluding ortho intramolecular Hbond substituents is 2. The van der Waals surface area contributed by atoms with Gasteiger partial charge in [-0.3, -0.25) is 4.90 Å². The van der Waals surface area contributed by atoms with Gasteiger partial charge in [0.05, 0.1) is 10.1 Å². The zero-order valence-corrected chi connectivity index (χ0v) is 19.3. The molecule has 1 fully saturated rings. The number of ether oxygens (including phenoxy) is 2. The van der Waals surface area contributed by atoms with Crippen molar-refractivity contribution < 1.29 is 19.7 Å². The van der Waals surface area contributed by atoms with E-state index in [9.17, 15) is 10.2 Å². The van der Waals surface area contributed by atoms with Crippen LogP contribution in [-0.2, 0) is 0 Å². The highest BCUT2D eigenvalue weighted by Gasteiger charge is 2.35. The molecule has 2 N–H and O–H groups in total. The maximum atomic E-state index is 10.5. The third kappa shape index (κ3) is 5.07. The zero-order chi connectivity index (χ0) is 22.6. The van der Waals surface area contributed by atoms with E-state index < -0.39 is 0 Å². The summed E-state index contributed by atoms with van der Waals surface area (Å²) >= 11 is 1.59. The first-order chi connectivity index (χ1) is 16.2. The summed E-state index contributed by atoms with van der Waals surface area (Å²) in [6.07, 6.45) is 3.63. The highest BCUT2D eigenvalue weighted by Crippen LogP contribution is 2.55. The molecule has 3 aromatic rings. The molecule has 1 saturated heterocycles. The summed E-state index contributed by atoms with van der Waals surface area (Å²) in [6.45, 7) is 3.99. The lowest BCUT2D eigenvalue weighted by Gasteiger charge is -2.34. The molecule has 0 radical (unpaired) electrons. The fourth-order valence-corrected chi connectivity index (χ4v) is 5.87.